The smallest absolute Gasteiger partial charge is 0.387 e. The van der Waals surface area contributed by atoms with Crippen LogP contribution in [0.5, 0.6) is 5.75 Å². The van der Waals surface area contributed by atoms with E-state index >= 15 is 0 Å². The van der Waals surface area contributed by atoms with Crippen molar-refractivity contribution in [3.8, 4) is 5.75 Å². The molecule has 7 nitrogen and oxygen atoms in total. The van der Waals surface area contributed by atoms with Crippen molar-refractivity contribution >= 4 is 17.8 Å². The van der Waals surface area contributed by atoms with Crippen LogP contribution < -0.4 is 15.4 Å². The molecular weight excluding hydrogens is 410 g/mol. The number of esters is 1. The number of benzene rings is 1. The third-order valence-corrected chi connectivity index (χ3v) is 6.52. The molecule has 4 aliphatic carbocycles. The molecule has 1 aromatic carbocycles. The van der Waals surface area contributed by atoms with Gasteiger partial charge in [0.1, 0.15) is 12.3 Å². The molecule has 1 aromatic rings. The predicted octanol–water partition coefficient (Wildman–Crippen LogP) is 2.65. The minimum absolute atomic E-state index is 0.0607. The highest BCUT2D eigenvalue weighted by molar-refractivity contribution is 5.96. The second-order valence-electron chi connectivity index (χ2n) is 9.00. The third-order valence-electron chi connectivity index (χ3n) is 6.52. The average Bonchev–Trinajstić information content (AvgIpc) is 2.68. The van der Waals surface area contributed by atoms with E-state index in [0.29, 0.717) is 17.8 Å². The normalized spacial score (nSPS) is 28.3. The van der Waals surface area contributed by atoms with E-state index in [1.165, 1.54) is 37.5 Å². The first-order valence-corrected chi connectivity index (χ1v) is 10.6. The Morgan fingerprint density at radius 2 is 1.71 bits per heavy atom. The van der Waals surface area contributed by atoms with Crippen LogP contribution >= 0.6 is 0 Å². The van der Waals surface area contributed by atoms with Crippen LogP contribution in [0, 0.1) is 17.8 Å². The van der Waals surface area contributed by atoms with Crippen LogP contribution in [0.15, 0.2) is 24.3 Å². The van der Waals surface area contributed by atoms with Gasteiger partial charge in [-0.15, -0.1) is 0 Å². The van der Waals surface area contributed by atoms with Gasteiger partial charge in [-0.3, -0.25) is 14.4 Å². The quantitative estimate of drug-likeness (QED) is 0.611. The Morgan fingerprint density at radius 3 is 2.32 bits per heavy atom. The fourth-order valence-corrected chi connectivity index (χ4v) is 5.86. The molecule has 4 saturated carbocycles. The Bertz CT molecular complexity index is 825. The summed E-state index contributed by atoms with van der Waals surface area (Å²) in [6.45, 7) is -3.84. The molecule has 4 fully saturated rings. The third kappa shape index (κ3) is 5.32. The van der Waals surface area contributed by atoms with Gasteiger partial charge in [-0.25, -0.2) is 0 Å². The molecule has 168 valence electrons. The number of hydrogen-bond donors (Lipinski definition) is 2. The lowest BCUT2D eigenvalue weighted by atomic mass is 9.53. The minimum Gasteiger partial charge on any atom is -0.454 e. The summed E-state index contributed by atoms with van der Waals surface area (Å²) in [7, 11) is 0. The molecule has 0 atom stereocenters. The Balaban J connectivity index is 1.20. The summed E-state index contributed by atoms with van der Waals surface area (Å²) in [5, 5.41) is 5.46. The lowest BCUT2D eigenvalue weighted by Gasteiger charge is -2.56. The van der Waals surface area contributed by atoms with Crippen LogP contribution in [-0.2, 0) is 14.3 Å². The summed E-state index contributed by atoms with van der Waals surface area (Å²) in [5.74, 6) is 0.186. The van der Waals surface area contributed by atoms with Gasteiger partial charge in [0, 0.05) is 11.1 Å². The van der Waals surface area contributed by atoms with Gasteiger partial charge in [0.25, 0.3) is 11.8 Å². The number of ether oxygens (including phenoxy) is 2. The summed E-state index contributed by atoms with van der Waals surface area (Å²) in [6.07, 6.45) is 6.80. The maximum absolute atomic E-state index is 12.4. The van der Waals surface area contributed by atoms with E-state index in [-0.39, 0.29) is 22.8 Å². The van der Waals surface area contributed by atoms with Crippen LogP contribution in [0.25, 0.3) is 0 Å². The van der Waals surface area contributed by atoms with Crippen molar-refractivity contribution < 1.29 is 32.6 Å². The van der Waals surface area contributed by atoms with E-state index in [9.17, 15) is 23.2 Å². The maximum atomic E-state index is 12.4. The van der Waals surface area contributed by atoms with Crippen LogP contribution in [-0.4, -0.2) is 43.1 Å². The molecule has 31 heavy (non-hydrogen) atoms. The molecular formula is C22H26F2N2O5. The summed E-state index contributed by atoms with van der Waals surface area (Å²) in [5.41, 5.74) is -0.0943. The number of halogens is 2. The number of carbonyl (C=O) groups excluding carboxylic acids is 3. The monoisotopic (exact) mass is 436 g/mol. The number of rotatable bonds is 8. The zero-order valence-electron chi connectivity index (χ0n) is 17.1. The van der Waals surface area contributed by atoms with Gasteiger partial charge in [0.15, 0.2) is 6.61 Å². The summed E-state index contributed by atoms with van der Waals surface area (Å²) in [6, 6.07) is 5.23. The van der Waals surface area contributed by atoms with E-state index in [1.807, 2.05) is 0 Å². The molecule has 5 rings (SSSR count). The summed E-state index contributed by atoms with van der Waals surface area (Å²) >= 11 is 0. The highest BCUT2D eigenvalue weighted by Crippen LogP contribution is 2.55. The lowest BCUT2D eigenvalue weighted by molar-refractivity contribution is -0.149. The summed E-state index contributed by atoms with van der Waals surface area (Å²) in [4.78, 5) is 36.4. The molecule has 4 bridgehead atoms. The van der Waals surface area contributed by atoms with Gasteiger partial charge in [0.2, 0.25) is 0 Å². The lowest BCUT2D eigenvalue weighted by Crippen LogP contribution is -2.60. The van der Waals surface area contributed by atoms with Crippen LogP contribution in [0.4, 0.5) is 8.78 Å². The van der Waals surface area contributed by atoms with Gasteiger partial charge >= 0.3 is 12.6 Å². The van der Waals surface area contributed by atoms with Gasteiger partial charge in [-0.2, -0.15) is 8.78 Å². The Kier molecular flexibility index (Phi) is 6.11. The van der Waals surface area contributed by atoms with Gasteiger partial charge < -0.3 is 20.1 Å². The number of nitrogens with one attached hydrogen (secondary N) is 2. The summed E-state index contributed by atoms with van der Waals surface area (Å²) < 4.78 is 33.8. The van der Waals surface area contributed by atoms with Crippen molar-refractivity contribution in [1.82, 2.24) is 10.6 Å². The maximum Gasteiger partial charge on any atom is 0.387 e. The number of amides is 2. The molecule has 0 saturated heterocycles. The number of carbonyl (C=O) groups is 3. The highest BCUT2D eigenvalue weighted by atomic mass is 19.3. The Labute approximate surface area is 178 Å². The minimum atomic E-state index is -3.00. The van der Waals surface area contributed by atoms with Gasteiger partial charge in [-0.1, -0.05) is 6.07 Å². The van der Waals surface area contributed by atoms with Crippen molar-refractivity contribution in [1.29, 1.82) is 0 Å². The average molecular weight is 436 g/mol. The topological polar surface area (TPSA) is 93.7 Å². The van der Waals surface area contributed by atoms with Crippen LogP contribution in [0.1, 0.15) is 48.9 Å². The first-order chi connectivity index (χ1) is 14.8. The molecule has 2 amide bonds. The first-order valence-electron chi connectivity index (χ1n) is 10.6. The Morgan fingerprint density at radius 1 is 1.06 bits per heavy atom. The largest absolute Gasteiger partial charge is 0.454 e. The number of alkyl halides is 2. The van der Waals surface area contributed by atoms with Gasteiger partial charge in [-0.05, 0) is 74.5 Å². The zero-order chi connectivity index (χ0) is 22.0. The second-order valence-corrected chi connectivity index (χ2v) is 9.00. The van der Waals surface area contributed by atoms with Crippen molar-refractivity contribution in [2.24, 2.45) is 17.8 Å². The molecule has 4 aliphatic rings. The molecule has 0 aliphatic heterocycles. The van der Waals surface area contributed by atoms with E-state index in [0.717, 1.165) is 25.3 Å². The molecule has 2 N–H and O–H groups in total. The molecule has 9 heteroatoms. The van der Waals surface area contributed by atoms with Gasteiger partial charge in [0.05, 0.1) is 0 Å². The van der Waals surface area contributed by atoms with E-state index in [4.69, 9.17) is 4.74 Å². The molecule has 0 unspecified atom stereocenters. The van der Waals surface area contributed by atoms with Crippen LogP contribution in [0.2, 0.25) is 0 Å². The molecule has 0 aromatic heterocycles. The fourth-order valence-electron chi connectivity index (χ4n) is 5.86. The highest BCUT2D eigenvalue weighted by Gasteiger charge is 2.51. The standard InChI is InChI=1S/C22H26F2N2O5/c23-21(24)31-17-3-1-2-16(7-17)20(29)25-11-19(28)30-12-18(27)26-22-8-13-4-14(9-22)6-15(5-13)10-22/h1-3,7,13-15,21H,4-6,8-12H2,(H,25,29)(H,26,27). The first kappa shape index (κ1) is 21.5. The van der Waals surface area contributed by atoms with Crippen LogP contribution in [0.3, 0.4) is 0 Å². The number of hydrogen-bond acceptors (Lipinski definition) is 5. The molecule has 0 spiro atoms. The van der Waals surface area contributed by atoms with Crippen molar-refractivity contribution in [2.75, 3.05) is 13.2 Å². The van der Waals surface area contributed by atoms with Crippen molar-refractivity contribution in [3.05, 3.63) is 29.8 Å². The fraction of sp³-hybridized carbons (Fsp3) is 0.591. The Hall–Kier alpha value is -2.71. The molecule has 0 heterocycles. The van der Waals surface area contributed by atoms with E-state index in [1.54, 1.807) is 0 Å². The van der Waals surface area contributed by atoms with Crippen molar-refractivity contribution in [3.63, 3.8) is 0 Å². The SMILES string of the molecule is O=C(COC(=O)CNC(=O)c1cccc(OC(F)F)c1)NC12CC3CC(CC(C3)C1)C2. The zero-order valence-corrected chi connectivity index (χ0v) is 17.1. The van der Waals surface area contributed by atoms with E-state index < -0.39 is 31.6 Å². The van der Waals surface area contributed by atoms with E-state index in [2.05, 4.69) is 15.4 Å². The predicted molar refractivity (Wildman–Crippen MR) is 105 cm³/mol. The van der Waals surface area contributed by atoms with Crippen molar-refractivity contribution in [2.45, 2.75) is 50.7 Å². The molecule has 0 radical (unpaired) electrons. The second kappa shape index (κ2) is 8.80.